The molecule has 1 amide bonds. The Bertz CT molecular complexity index is 1170. The van der Waals surface area contributed by atoms with Gasteiger partial charge in [-0.2, -0.15) is 0 Å². The molecule has 0 spiro atoms. The van der Waals surface area contributed by atoms with Crippen molar-refractivity contribution in [3.8, 4) is 5.69 Å². The molecule has 3 aromatic rings. The van der Waals surface area contributed by atoms with Crippen molar-refractivity contribution in [2.45, 2.75) is 0 Å². The second kappa shape index (κ2) is 7.82. The van der Waals surface area contributed by atoms with Gasteiger partial charge in [0, 0.05) is 29.0 Å². The van der Waals surface area contributed by atoms with Gasteiger partial charge in [-0.15, -0.1) is 0 Å². The van der Waals surface area contributed by atoms with Crippen molar-refractivity contribution in [1.29, 1.82) is 0 Å². The number of non-ortho nitro benzene ring substituents is 1. The van der Waals surface area contributed by atoms with Crippen LogP contribution in [-0.2, 0) is 4.79 Å². The van der Waals surface area contributed by atoms with Crippen molar-refractivity contribution in [3.63, 3.8) is 0 Å². The lowest BCUT2D eigenvalue weighted by molar-refractivity contribution is -0.384. The Morgan fingerprint density at radius 1 is 1.07 bits per heavy atom. The first-order chi connectivity index (χ1) is 13.9. The van der Waals surface area contributed by atoms with Crippen LogP contribution in [0.4, 0.5) is 11.4 Å². The summed E-state index contributed by atoms with van der Waals surface area (Å²) in [6.07, 6.45) is 3.51. The summed E-state index contributed by atoms with van der Waals surface area (Å²) in [6, 6.07) is 16.8. The van der Waals surface area contributed by atoms with Crippen LogP contribution in [-0.4, -0.2) is 19.7 Å². The molecule has 0 atom stereocenters. The molecule has 0 aliphatic carbocycles. The normalized spacial score (nSPS) is 15.3. The Morgan fingerprint density at radius 3 is 2.55 bits per heavy atom. The van der Waals surface area contributed by atoms with Gasteiger partial charge >= 0.3 is 0 Å². The lowest BCUT2D eigenvalue weighted by atomic mass is 10.2. The van der Waals surface area contributed by atoms with E-state index in [-0.39, 0.29) is 11.6 Å². The zero-order chi connectivity index (χ0) is 20.5. The van der Waals surface area contributed by atoms with Crippen LogP contribution in [0.5, 0.6) is 0 Å². The van der Waals surface area contributed by atoms with Crippen LogP contribution in [0.1, 0.15) is 5.69 Å². The fraction of sp³-hybridized carbons (Fsp3) is 0. The second-order valence-corrected chi connectivity index (χ2v) is 8.19. The largest absolute Gasteiger partial charge is 0.317 e. The van der Waals surface area contributed by atoms with Crippen molar-refractivity contribution in [3.05, 3.63) is 92.6 Å². The predicted molar refractivity (Wildman–Crippen MR) is 120 cm³/mol. The van der Waals surface area contributed by atoms with Crippen molar-refractivity contribution in [2.75, 3.05) is 4.90 Å². The lowest BCUT2D eigenvalue weighted by Gasteiger charge is -2.14. The molecule has 1 aliphatic heterocycles. The topological polar surface area (TPSA) is 68.4 Å². The van der Waals surface area contributed by atoms with Gasteiger partial charge in [0.15, 0.2) is 4.32 Å². The highest BCUT2D eigenvalue weighted by Crippen LogP contribution is 2.36. The monoisotopic (exact) mass is 441 g/mol. The summed E-state index contributed by atoms with van der Waals surface area (Å²) in [5.74, 6) is -0.228. The number of aromatic nitrogens is 1. The summed E-state index contributed by atoms with van der Waals surface area (Å²) in [5.41, 5.74) is 1.98. The first-order valence-electron chi connectivity index (χ1n) is 8.40. The third-order valence-corrected chi connectivity index (χ3v) is 5.81. The van der Waals surface area contributed by atoms with Crippen LogP contribution in [0.3, 0.4) is 0 Å². The summed E-state index contributed by atoms with van der Waals surface area (Å²) in [7, 11) is 0. The molecule has 0 radical (unpaired) electrons. The Balaban J connectivity index is 1.68. The number of halogens is 1. The van der Waals surface area contributed by atoms with Crippen molar-refractivity contribution >= 4 is 63.3 Å². The Kier molecular flexibility index (Phi) is 5.23. The van der Waals surface area contributed by atoms with Crippen molar-refractivity contribution in [1.82, 2.24) is 4.57 Å². The number of carbonyl (C=O) groups excluding carboxylic acids is 1. The fourth-order valence-corrected chi connectivity index (χ4v) is 4.33. The molecule has 4 rings (SSSR count). The molecule has 2 heterocycles. The third-order valence-electron chi connectivity index (χ3n) is 4.26. The van der Waals surface area contributed by atoms with Gasteiger partial charge in [-0.1, -0.05) is 41.6 Å². The van der Waals surface area contributed by atoms with Crippen LogP contribution in [0.2, 0.25) is 5.02 Å². The molecular formula is C20H12ClN3O3S2. The molecule has 1 aromatic heterocycles. The Hall–Kier alpha value is -2.94. The summed E-state index contributed by atoms with van der Waals surface area (Å²) >= 11 is 12.5. The maximum absolute atomic E-state index is 12.9. The molecule has 0 N–H and O–H groups in total. The lowest BCUT2D eigenvalue weighted by Crippen LogP contribution is -2.27. The number of benzene rings is 2. The number of anilines is 1. The number of nitrogens with zero attached hydrogens (tertiary/aromatic N) is 3. The van der Waals surface area contributed by atoms with E-state index in [2.05, 4.69) is 0 Å². The summed E-state index contributed by atoms with van der Waals surface area (Å²) < 4.78 is 2.21. The first kappa shape index (κ1) is 19.4. The standard InChI is InChI=1S/C20H12ClN3O3S2/c21-13-6-8-14(9-7-13)23-19(25)18(29-20(23)28)12-16-5-2-10-22(16)15-3-1-4-17(11-15)24(26)27/h1-12H/b18-12+. The first-order valence-corrected chi connectivity index (χ1v) is 10.00. The van der Waals surface area contributed by atoms with Crippen LogP contribution in [0.25, 0.3) is 11.8 Å². The molecule has 2 aromatic carbocycles. The van der Waals surface area contributed by atoms with E-state index in [1.807, 2.05) is 12.1 Å². The smallest absolute Gasteiger partial charge is 0.271 e. The van der Waals surface area contributed by atoms with E-state index in [9.17, 15) is 14.9 Å². The number of rotatable bonds is 4. The summed E-state index contributed by atoms with van der Waals surface area (Å²) in [6.45, 7) is 0. The summed E-state index contributed by atoms with van der Waals surface area (Å²) in [5, 5.41) is 11.6. The molecule has 0 bridgehead atoms. The van der Waals surface area contributed by atoms with Crippen LogP contribution in [0.15, 0.2) is 71.8 Å². The molecule has 1 saturated heterocycles. The molecule has 1 fully saturated rings. The van der Waals surface area contributed by atoms with E-state index in [4.69, 9.17) is 23.8 Å². The van der Waals surface area contributed by atoms with Gasteiger partial charge in [-0.3, -0.25) is 19.8 Å². The molecule has 144 valence electrons. The average Bonchev–Trinajstić information content (AvgIpc) is 3.27. The molecule has 0 unspecified atom stereocenters. The van der Waals surface area contributed by atoms with Crippen molar-refractivity contribution < 1.29 is 9.72 Å². The number of carbonyl (C=O) groups is 1. The van der Waals surface area contributed by atoms with Gasteiger partial charge in [0.25, 0.3) is 11.6 Å². The maximum Gasteiger partial charge on any atom is 0.271 e. The number of thioether (sulfide) groups is 1. The zero-order valence-corrected chi connectivity index (χ0v) is 17.1. The van der Waals surface area contributed by atoms with Gasteiger partial charge < -0.3 is 4.57 Å². The minimum Gasteiger partial charge on any atom is -0.317 e. The highest BCUT2D eigenvalue weighted by Gasteiger charge is 2.33. The SMILES string of the molecule is O=C1/C(=C\c2cccn2-c2cccc([N+](=O)[O-])c2)SC(=S)N1c1ccc(Cl)cc1. The van der Waals surface area contributed by atoms with E-state index < -0.39 is 4.92 Å². The quantitative estimate of drug-likeness (QED) is 0.233. The van der Waals surface area contributed by atoms with Gasteiger partial charge in [0.1, 0.15) is 0 Å². The summed E-state index contributed by atoms with van der Waals surface area (Å²) in [4.78, 5) is 25.5. The Morgan fingerprint density at radius 2 is 1.83 bits per heavy atom. The van der Waals surface area contributed by atoms with E-state index in [0.29, 0.717) is 31.3 Å². The van der Waals surface area contributed by atoms with E-state index in [1.54, 1.807) is 53.2 Å². The van der Waals surface area contributed by atoms with Gasteiger partial charge in [-0.05, 0) is 48.5 Å². The number of hydrogen-bond donors (Lipinski definition) is 0. The number of hydrogen-bond acceptors (Lipinski definition) is 5. The average molecular weight is 442 g/mol. The van der Waals surface area contributed by atoms with Gasteiger partial charge in [0.05, 0.1) is 21.2 Å². The number of nitro benzene ring substituents is 1. The van der Waals surface area contributed by atoms with Crippen molar-refractivity contribution in [2.24, 2.45) is 0 Å². The van der Waals surface area contributed by atoms with Crippen LogP contribution in [0, 0.1) is 10.1 Å². The predicted octanol–water partition coefficient (Wildman–Crippen LogP) is 5.44. The third kappa shape index (κ3) is 3.82. The minimum absolute atomic E-state index is 0.00351. The molecule has 9 heteroatoms. The highest BCUT2D eigenvalue weighted by atomic mass is 35.5. The van der Waals surface area contributed by atoms with Gasteiger partial charge in [-0.25, -0.2) is 0 Å². The van der Waals surface area contributed by atoms with Gasteiger partial charge in [0.2, 0.25) is 0 Å². The van der Waals surface area contributed by atoms with Crippen LogP contribution >= 0.6 is 35.6 Å². The number of amides is 1. The second-order valence-electron chi connectivity index (χ2n) is 6.07. The van der Waals surface area contributed by atoms with E-state index >= 15 is 0 Å². The Labute approximate surface area is 180 Å². The van der Waals surface area contributed by atoms with E-state index in [0.717, 1.165) is 0 Å². The molecule has 0 saturated carbocycles. The van der Waals surface area contributed by atoms with E-state index in [1.165, 1.54) is 28.8 Å². The molecule has 1 aliphatic rings. The maximum atomic E-state index is 12.9. The molecule has 6 nitrogen and oxygen atoms in total. The number of thiocarbonyl (C=S) groups is 1. The fourth-order valence-electron chi connectivity index (χ4n) is 2.92. The number of nitro groups is 1. The molecular weight excluding hydrogens is 430 g/mol. The highest BCUT2D eigenvalue weighted by molar-refractivity contribution is 8.27. The zero-order valence-electron chi connectivity index (χ0n) is 14.7. The molecule has 29 heavy (non-hydrogen) atoms. The minimum atomic E-state index is -0.441. The van der Waals surface area contributed by atoms with Crippen LogP contribution < -0.4 is 4.90 Å².